The fourth-order valence-electron chi connectivity index (χ4n) is 2.71. The van der Waals surface area contributed by atoms with Crippen LogP contribution in [-0.2, 0) is 16.1 Å². The van der Waals surface area contributed by atoms with E-state index in [0.29, 0.717) is 9.37 Å². The highest BCUT2D eigenvalue weighted by atomic mass is 79.9. The predicted octanol–water partition coefficient (Wildman–Crippen LogP) is 3.08. The standard InChI is InChI=1S/C17H10BrF2NO4/c18-9-2-1-8(13(20)5-9)7-21-15(22)11-4-3-10(19)6-12(11)14(16(21)23)17(24)25/h1-6,14H,7H2,(H,24,25). The Morgan fingerprint density at radius 2 is 1.88 bits per heavy atom. The number of hydrogen-bond donors (Lipinski definition) is 1. The number of nitrogens with zero attached hydrogens (tertiary/aromatic N) is 1. The number of aliphatic carboxylic acids is 1. The molecule has 0 aromatic heterocycles. The van der Waals surface area contributed by atoms with Crippen LogP contribution in [0.2, 0.25) is 0 Å². The molecule has 1 aliphatic heterocycles. The zero-order valence-corrected chi connectivity index (χ0v) is 14.1. The maximum absolute atomic E-state index is 14.0. The number of carbonyl (C=O) groups excluding carboxylic acids is 2. The van der Waals surface area contributed by atoms with E-state index in [9.17, 15) is 28.3 Å². The molecule has 0 saturated carbocycles. The third kappa shape index (κ3) is 3.05. The average molecular weight is 410 g/mol. The second kappa shape index (κ2) is 6.36. The van der Waals surface area contributed by atoms with Crippen LogP contribution in [0.25, 0.3) is 0 Å². The van der Waals surface area contributed by atoms with Gasteiger partial charge in [-0.25, -0.2) is 8.78 Å². The zero-order valence-electron chi connectivity index (χ0n) is 12.5. The highest BCUT2D eigenvalue weighted by Crippen LogP contribution is 2.32. The van der Waals surface area contributed by atoms with Crippen LogP contribution in [0.4, 0.5) is 8.78 Å². The zero-order chi connectivity index (χ0) is 18.3. The number of fused-ring (bicyclic) bond motifs is 1. The number of amides is 2. The molecule has 0 aliphatic carbocycles. The van der Waals surface area contributed by atoms with Crippen molar-refractivity contribution < 1.29 is 28.3 Å². The van der Waals surface area contributed by atoms with Gasteiger partial charge in [0, 0.05) is 15.6 Å². The van der Waals surface area contributed by atoms with Gasteiger partial charge in [0.2, 0.25) is 5.91 Å². The van der Waals surface area contributed by atoms with E-state index < -0.39 is 41.9 Å². The molecule has 1 heterocycles. The van der Waals surface area contributed by atoms with Gasteiger partial charge >= 0.3 is 5.97 Å². The molecule has 8 heteroatoms. The molecule has 1 atom stereocenters. The van der Waals surface area contributed by atoms with Gasteiger partial charge in [0.05, 0.1) is 6.54 Å². The number of hydrogen-bond acceptors (Lipinski definition) is 3. The first-order chi connectivity index (χ1) is 11.8. The molecule has 5 nitrogen and oxygen atoms in total. The summed E-state index contributed by atoms with van der Waals surface area (Å²) in [7, 11) is 0. The van der Waals surface area contributed by atoms with E-state index >= 15 is 0 Å². The van der Waals surface area contributed by atoms with Crippen molar-refractivity contribution in [3.8, 4) is 0 Å². The van der Waals surface area contributed by atoms with E-state index in [1.54, 1.807) is 0 Å². The maximum atomic E-state index is 14.0. The van der Waals surface area contributed by atoms with E-state index in [0.717, 1.165) is 18.2 Å². The molecule has 1 N–H and O–H groups in total. The highest BCUT2D eigenvalue weighted by molar-refractivity contribution is 9.10. The lowest BCUT2D eigenvalue weighted by molar-refractivity contribution is -0.146. The molecule has 2 amide bonds. The summed E-state index contributed by atoms with van der Waals surface area (Å²) < 4.78 is 27.9. The molecule has 1 aliphatic rings. The smallest absolute Gasteiger partial charge is 0.320 e. The van der Waals surface area contributed by atoms with E-state index in [-0.39, 0.29) is 16.7 Å². The second-order valence-electron chi connectivity index (χ2n) is 5.47. The molecule has 0 radical (unpaired) electrons. The minimum absolute atomic E-state index is 0.0552. The van der Waals surface area contributed by atoms with Gasteiger partial charge in [0.1, 0.15) is 11.6 Å². The molecule has 0 fully saturated rings. The molecule has 0 saturated heterocycles. The number of carboxylic acid groups (broad SMARTS) is 1. The lowest BCUT2D eigenvalue weighted by Crippen LogP contribution is -2.46. The van der Waals surface area contributed by atoms with Crippen LogP contribution >= 0.6 is 15.9 Å². The molecule has 2 aromatic rings. The first-order valence-electron chi connectivity index (χ1n) is 7.11. The summed E-state index contributed by atoms with van der Waals surface area (Å²) in [5.74, 6) is -6.45. The Hall–Kier alpha value is -2.61. The topological polar surface area (TPSA) is 74.7 Å². The van der Waals surface area contributed by atoms with E-state index in [2.05, 4.69) is 15.9 Å². The summed E-state index contributed by atoms with van der Waals surface area (Å²) in [5.41, 5.74) is -0.236. The molecule has 25 heavy (non-hydrogen) atoms. The van der Waals surface area contributed by atoms with Crippen molar-refractivity contribution in [1.82, 2.24) is 4.90 Å². The first kappa shape index (κ1) is 17.2. The third-order valence-electron chi connectivity index (χ3n) is 3.90. The Kier molecular flexibility index (Phi) is 4.38. The van der Waals surface area contributed by atoms with Gasteiger partial charge in [-0.1, -0.05) is 22.0 Å². The summed E-state index contributed by atoms with van der Waals surface area (Å²) in [4.78, 5) is 37.2. The molecule has 1 unspecified atom stereocenters. The van der Waals surface area contributed by atoms with Crippen molar-refractivity contribution in [2.24, 2.45) is 0 Å². The fourth-order valence-corrected chi connectivity index (χ4v) is 3.04. The SMILES string of the molecule is O=C(O)C1C(=O)N(Cc2ccc(Br)cc2F)C(=O)c2ccc(F)cc21. The van der Waals surface area contributed by atoms with Gasteiger partial charge < -0.3 is 5.11 Å². The monoisotopic (exact) mass is 409 g/mol. The van der Waals surface area contributed by atoms with E-state index in [1.807, 2.05) is 0 Å². The summed E-state index contributed by atoms with van der Waals surface area (Å²) in [5, 5.41) is 9.35. The minimum atomic E-state index is -1.72. The minimum Gasteiger partial charge on any atom is -0.480 e. The van der Waals surface area contributed by atoms with Crippen LogP contribution < -0.4 is 0 Å². The number of imide groups is 1. The van der Waals surface area contributed by atoms with E-state index in [1.165, 1.54) is 18.2 Å². The van der Waals surface area contributed by atoms with Gasteiger partial charge in [0.15, 0.2) is 5.92 Å². The van der Waals surface area contributed by atoms with Gasteiger partial charge in [0.25, 0.3) is 5.91 Å². The van der Waals surface area contributed by atoms with Crippen molar-refractivity contribution in [1.29, 1.82) is 0 Å². The Morgan fingerprint density at radius 3 is 2.52 bits per heavy atom. The number of carbonyl (C=O) groups is 3. The lowest BCUT2D eigenvalue weighted by Gasteiger charge is -2.30. The largest absolute Gasteiger partial charge is 0.480 e. The normalized spacial score (nSPS) is 16.8. The first-order valence-corrected chi connectivity index (χ1v) is 7.91. The molecule has 0 bridgehead atoms. The summed E-state index contributed by atoms with van der Waals surface area (Å²) in [6.07, 6.45) is 0. The fraction of sp³-hybridized carbons (Fsp3) is 0.118. The van der Waals surface area contributed by atoms with Crippen LogP contribution in [-0.4, -0.2) is 27.8 Å². The predicted molar refractivity (Wildman–Crippen MR) is 85.8 cm³/mol. The molecule has 0 spiro atoms. The van der Waals surface area contributed by atoms with Gasteiger partial charge in [-0.2, -0.15) is 0 Å². The number of carboxylic acids is 1. The second-order valence-corrected chi connectivity index (χ2v) is 6.38. The van der Waals surface area contributed by atoms with Crippen LogP contribution in [0, 0.1) is 11.6 Å². The van der Waals surface area contributed by atoms with Crippen LogP contribution in [0.3, 0.4) is 0 Å². The van der Waals surface area contributed by atoms with Gasteiger partial charge in [-0.3, -0.25) is 19.3 Å². The van der Waals surface area contributed by atoms with Gasteiger partial charge in [-0.05, 0) is 35.9 Å². The van der Waals surface area contributed by atoms with Crippen LogP contribution in [0.15, 0.2) is 40.9 Å². The van der Waals surface area contributed by atoms with Crippen molar-refractivity contribution in [2.75, 3.05) is 0 Å². The molecular weight excluding hydrogens is 400 g/mol. The molecular formula is C17H10BrF2NO4. The lowest BCUT2D eigenvalue weighted by atomic mass is 9.88. The number of benzene rings is 2. The van der Waals surface area contributed by atoms with Crippen molar-refractivity contribution in [3.05, 3.63) is 69.2 Å². The Labute approximate surface area is 149 Å². The molecule has 128 valence electrons. The Balaban J connectivity index is 2.06. The number of halogens is 3. The molecule has 3 rings (SSSR count). The van der Waals surface area contributed by atoms with Gasteiger partial charge in [-0.15, -0.1) is 0 Å². The van der Waals surface area contributed by atoms with Crippen molar-refractivity contribution in [2.45, 2.75) is 12.5 Å². The van der Waals surface area contributed by atoms with Crippen LogP contribution in [0.5, 0.6) is 0 Å². The number of rotatable bonds is 3. The van der Waals surface area contributed by atoms with Crippen LogP contribution in [0.1, 0.15) is 27.4 Å². The van der Waals surface area contributed by atoms with Crippen molar-refractivity contribution >= 4 is 33.7 Å². The molecule has 2 aromatic carbocycles. The Bertz CT molecular complexity index is 916. The maximum Gasteiger partial charge on any atom is 0.320 e. The third-order valence-corrected chi connectivity index (χ3v) is 4.40. The Morgan fingerprint density at radius 1 is 1.16 bits per heavy atom. The highest BCUT2D eigenvalue weighted by Gasteiger charge is 2.43. The van der Waals surface area contributed by atoms with Crippen molar-refractivity contribution in [3.63, 3.8) is 0 Å². The van der Waals surface area contributed by atoms with E-state index in [4.69, 9.17) is 0 Å². The summed E-state index contributed by atoms with van der Waals surface area (Å²) >= 11 is 3.10. The summed E-state index contributed by atoms with van der Waals surface area (Å²) in [6, 6.07) is 7.09. The average Bonchev–Trinajstić information content (AvgIpc) is 2.52. The quantitative estimate of drug-likeness (QED) is 0.624. The summed E-state index contributed by atoms with van der Waals surface area (Å²) in [6.45, 7) is -0.419.